The molecule has 7 heteroatoms. The average molecular weight is 480 g/mol. The van der Waals surface area contributed by atoms with Gasteiger partial charge in [-0.05, 0) is 81.4 Å². The third kappa shape index (κ3) is 7.00. The number of hydrogen-bond donors (Lipinski definition) is 2. The number of carbonyl (C=O) groups excluding carboxylic acids is 1. The van der Waals surface area contributed by atoms with E-state index >= 15 is 0 Å². The van der Waals surface area contributed by atoms with E-state index < -0.39 is 15.6 Å². The fourth-order valence-electron chi connectivity index (χ4n) is 3.64. The molecule has 2 N–H and O–H groups in total. The van der Waals surface area contributed by atoms with Gasteiger partial charge in [-0.25, -0.2) is 13.1 Å². The summed E-state index contributed by atoms with van der Waals surface area (Å²) in [5, 5.41) is 2.95. The van der Waals surface area contributed by atoms with Crippen molar-refractivity contribution in [1.82, 2.24) is 14.9 Å². The van der Waals surface area contributed by atoms with E-state index in [1.54, 1.807) is 20.8 Å². The van der Waals surface area contributed by atoms with Crippen LogP contribution in [0.25, 0.3) is 11.1 Å². The van der Waals surface area contributed by atoms with Crippen molar-refractivity contribution in [2.75, 3.05) is 14.1 Å². The molecule has 0 saturated heterocycles. The highest BCUT2D eigenvalue weighted by Gasteiger charge is 2.22. The van der Waals surface area contributed by atoms with Crippen LogP contribution in [-0.4, -0.2) is 38.9 Å². The van der Waals surface area contributed by atoms with Crippen LogP contribution in [0, 0.1) is 0 Å². The summed E-state index contributed by atoms with van der Waals surface area (Å²) < 4.78 is 27.6. The molecule has 0 aliphatic heterocycles. The lowest BCUT2D eigenvalue weighted by molar-refractivity contribution is 0.0951. The molecule has 0 saturated carbocycles. The largest absolute Gasteiger partial charge is 0.348 e. The molecule has 0 heterocycles. The molecule has 0 aliphatic carbocycles. The Labute approximate surface area is 203 Å². The van der Waals surface area contributed by atoms with Gasteiger partial charge in [-0.2, -0.15) is 0 Å². The van der Waals surface area contributed by atoms with Crippen LogP contribution >= 0.6 is 0 Å². The van der Waals surface area contributed by atoms with E-state index in [4.69, 9.17) is 0 Å². The van der Waals surface area contributed by atoms with Crippen LogP contribution in [-0.2, 0) is 23.1 Å². The van der Waals surface area contributed by atoms with Crippen LogP contribution in [0.3, 0.4) is 0 Å². The Kier molecular flexibility index (Phi) is 7.92. The van der Waals surface area contributed by atoms with Gasteiger partial charge in [0.1, 0.15) is 0 Å². The van der Waals surface area contributed by atoms with Crippen molar-refractivity contribution in [2.24, 2.45) is 0 Å². The predicted octanol–water partition coefficient (Wildman–Crippen LogP) is 4.42. The quantitative estimate of drug-likeness (QED) is 0.501. The fourth-order valence-corrected chi connectivity index (χ4v) is 5.05. The maximum Gasteiger partial charge on any atom is 0.251 e. The Balaban J connectivity index is 1.70. The molecule has 3 aromatic rings. The van der Waals surface area contributed by atoms with Crippen molar-refractivity contribution in [3.8, 4) is 11.1 Å². The number of hydrogen-bond acceptors (Lipinski definition) is 4. The molecule has 0 spiro atoms. The summed E-state index contributed by atoms with van der Waals surface area (Å²) in [7, 11) is 0.439. The monoisotopic (exact) mass is 479 g/mol. The molecule has 0 aromatic heterocycles. The van der Waals surface area contributed by atoms with E-state index in [-0.39, 0.29) is 10.8 Å². The molecular weight excluding hydrogens is 446 g/mol. The highest BCUT2D eigenvalue weighted by molar-refractivity contribution is 7.89. The minimum absolute atomic E-state index is 0.127. The minimum Gasteiger partial charge on any atom is -0.348 e. The van der Waals surface area contributed by atoms with Gasteiger partial charge in [-0.1, -0.05) is 48.5 Å². The SMILES string of the molecule is CN(C)Cc1ccc(-c2ccccc2CNC(=O)c2ccc(S(=O)(=O)NC(C)(C)C)cc2)cc1. The normalized spacial score (nSPS) is 12.1. The van der Waals surface area contributed by atoms with Crippen molar-refractivity contribution < 1.29 is 13.2 Å². The van der Waals surface area contributed by atoms with E-state index in [0.29, 0.717) is 12.1 Å². The predicted molar refractivity (Wildman–Crippen MR) is 137 cm³/mol. The molecule has 0 aliphatic rings. The third-order valence-corrected chi connectivity index (χ3v) is 6.86. The van der Waals surface area contributed by atoms with Gasteiger partial charge >= 0.3 is 0 Å². The number of carbonyl (C=O) groups is 1. The van der Waals surface area contributed by atoms with Crippen LogP contribution in [0.4, 0.5) is 0 Å². The van der Waals surface area contributed by atoms with Crippen molar-refractivity contribution in [2.45, 2.75) is 44.3 Å². The summed E-state index contributed by atoms with van der Waals surface area (Å²) in [6, 6.07) is 22.4. The lowest BCUT2D eigenvalue weighted by Crippen LogP contribution is -2.40. The molecule has 0 radical (unpaired) electrons. The molecule has 6 nitrogen and oxygen atoms in total. The van der Waals surface area contributed by atoms with Gasteiger partial charge in [0.15, 0.2) is 0 Å². The van der Waals surface area contributed by atoms with Crippen LogP contribution in [0.15, 0.2) is 77.7 Å². The maximum atomic E-state index is 12.7. The molecule has 0 atom stereocenters. The van der Waals surface area contributed by atoms with Crippen molar-refractivity contribution in [1.29, 1.82) is 0 Å². The van der Waals surface area contributed by atoms with Gasteiger partial charge < -0.3 is 10.2 Å². The minimum atomic E-state index is -3.65. The van der Waals surface area contributed by atoms with E-state index in [1.807, 2.05) is 38.4 Å². The Morgan fingerprint density at radius 3 is 2.09 bits per heavy atom. The second kappa shape index (κ2) is 10.5. The number of rotatable bonds is 8. The fraction of sp³-hybridized carbons (Fsp3) is 0.296. The standard InChI is InChI=1S/C27H33N3O3S/c1-27(2,3)29-34(32,33)24-16-14-22(15-17-24)26(31)28-18-23-8-6-7-9-25(23)21-12-10-20(11-13-21)19-30(4)5/h6-17,29H,18-19H2,1-5H3,(H,28,31). The van der Waals surface area contributed by atoms with E-state index in [2.05, 4.69) is 39.2 Å². The summed E-state index contributed by atoms with van der Waals surface area (Å²) in [5.41, 5.74) is 4.21. The smallest absolute Gasteiger partial charge is 0.251 e. The van der Waals surface area contributed by atoms with E-state index in [1.165, 1.54) is 29.8 Å². The molecule has 0 unspecified atom stereocenters. The van der Waals surface area contributed by atoms with Crippen LogP contribution in [0.5, 0.6) is 0 Å². The Morgan fingerprint density at radius 2 is 1.50 bits per heavy atom. The van der Waals surface area contributed by atoms with Gasteiger partial charge in [0, 0.05) is 24.2 Å². The zero-order chi connectivity index (χ0) is 24.9. The zero-order valence-corrected chi connectivity index (χ0v) is 21.2. The molecule has 3 rings (SSSR count). The second-order valence-electron chi connectivity index (χ2n) is 9.65. The first-order chi connectivity index (χ1) is 15.9. The number of sulfonamides is 1. The number of nitrogens with one attached hydrogen (secondary N) is 2. The Bertz CT molecular complexity index is 1230. The molecule has 3 aromatic carbocycles. The first-order valence-corrected chi connectivity index (χ1v) is 12.7. The summed E-state index contributed by atoms with van der Waals surface area (Å²) in [6.07, 6.45) is 0. The van der Waals surface area contributed by atoms with E-state index in [9.17, 15) is 13.2 Å². The Morgan fingerprint density at radius 1 is 0.882 bits per heavy atom. The molecular formula is C27H33N3O3S. The number of benzene rings is 3. The van der Waals surface area contributed by atoms with Gasteiger partial charge in [-0.3, -0.25) is 4.79 Å². The van der Waals surface area contributed by atoms with Gasteiger partial charge in [0.05, 0.1) is 4.90 Å². The first-order valence-electron chi connectivity index (χ1n) is 11.2. The van der Waals surface area contributed by atoms with Crippen LogP contribution < -0.4 is 10.0 Å². The lowest BCUT2D eigenvalue weighted by atomic mass is 9.98. The van der Waals surface area contributed by atoms with Gasteiger partial charge in [0.25, 0.3) is 5.91 Å². The summed E-state index contributed by atoms with van der Waals surface area (Å²) in [6.45, 7) is 6.58. The zero-order valence-electron chi connectivity index (χ0n) is 20.4. The second-order valence-corrected chi connectivity index (χ2v) is 11.3. The maximum absolute atomic E-state index is 12.7. The number of amides is 1. The van der Waals surface area contributed by atoms with Crippen molar-refractivity contribution in [3.63, 3.8) is 0 Å². The topological polar surface area (TPSA) is 78.5 Å². The molecule has 0 fully saturated rings. The third-order valence-electron chi connectivity index (χ3n) is 5.09. The van der Waals surface area contributed by atoms with Crippen molar-refractivity contribution in [3.05, 3.63) is 89.5 Å². The molecule has 180 valence electrons. The summed E-state index contributed by atoms with van der Waals surface area (Å²) in [5.74, 6) is -0.260. The number of nitrogens with zero attached hydrogens (tertiary/aromatic N) is 1. The first kappa shape index (κ1) is 25.6. The van der Waals surface area contributed by atoms with Gasteiger partial charge in [0.2, 0.25) is 10.0 Å². The highest BCUT2D eigenvalue weighted by atomic mass is 32.2. The lowest BCUT2D eigenvalue weighted by Gasteiger charge is -2.20. The molecule has 0 bridgehead atoms. The van der Waals surface area contributed by atoms with Gasteiger partial charge in [-0.15, -0.1) is 0 Å². The van der Waals surface area contributed by atoms with Crippen molar-refractivity contribution >= 4 is 15.9 Å². The van der Waals surface area contributed by atoms with Crippen LogP contribution in [0.1, 0.15) is 42.3 Å². The average Bonchev–Trinajstić information content (AvgIpc) is 2.76. The van der Waals surface area contributed by atoms with E-state index in [0.717, 1.165) is 23.2 Å². The molecule has 1 amide bonds. The molecule has 34 heavy (non-hydrogen) atoms. The van der Waals surface area contributed by atoms with Crippen LogP contribution in [0.2, 0.25) is 0 Å². The summed E-state index contributed by atoms with van der Waals surface area (Å²) in [4.78, 5) is 15.0. The summed E-state index contributed by atoms with van der Waals surface area (Å²) >= 11 is 0. The Hall–Kier alpha value is -3.00. The highest BCUT2D eigenvalue weighted by Crippen LogP contribution is 2.24.